The summed E-state index contributed by atoms with van der Waals surface area (Å²) in [5.41, 5.74) is 1.12. The maximum Gasteiger partial charge on any atom is 0.408 e. The molecule has 0 unspecified atom stereocenters. The number of benzene rings is 2. The molecule has 1 amide bonds. The number of fused-ring (bicyclic) bond motifs is 3. The third-order valence-corrected chi connectivity index (χ3v) is 5.72. The average Bonchev–Trinajstić information content (AvgIpc) is 2.98. The fourth-order valence-electron chi connectivity index (χ4n) is 3.98. The van der Waals surface area contributed by atoms with Gasteiger partial charge in [-0.1, -0.05) is 69.3 Å². The smallest absolute Gasteiger partial charge is 0.408 e. The molecule has 2 aromatic carbocycles. The highest BCUT2D eigenvalue weighted by atomic mass is 16.5. The molecule has 0 radical (unpaired) electrons. The van der Waals surface area contributed by atoms with E-state index in [1.54, 1.807) is 20.8 Å². The number of hydrogen-bond donors (Lipinski definition) is 3. The van der Waals surface area contributed by atoms with Crippen LogP contribution in [0, 0.1) is 5.41 Å². The summed E-state index contributed by atoms with van der Waals surface area (Å²) < 4.78 is 5.42. The highest BCUT2D eigenvalue weighted by molar-refractivity contribution is 5.90. The van der Waals surface area contributed by atoms with Gasteiger partial charge in [0.05, 0.1) is 6.42 Å². The van der Waals surface area contributed by atoms with E-state index in [9.17, 15) is 24.6 Å². The zero-order valence-corrected chi connectivity index (χ0v) is 17.1. The second kappa shape index (κ2) is 7.82. The van der Waals surface area contributed by atoms with Crippen LogP contribution in [-0.2, 0) is 14.3 Å². The van der Waals surface area contributed by atoms with Crippen LogP contribution in [0.25, 0.3) is 11.1 Å². The standard InChI is InChI=1S/C23H25NO6/c1-22(2,3)23(20(27)28,12-19(25)26)24-21(29)30-13-18-16-10-6-4-8-14(16)15-9-5-7-11-17(15)18/h4-11,18H,12-13H2,1-3H3,(H,24,29)(H,25,26)(H,27,28)/t23-/m0/s1. The van der Waals surface area contributed by atoms with Crippen LogP contribution in [-0.4, -0.2) is 40.4 Å². The van der Waals surface area contributed by atoms with Gasteiger partial charge in [-0.25, -0.2) is 9.59 Å². The third kappa shape index (κ3) is 3.75. The van der Waals surface area contributed by atoms with Crippen molar-refractivity contribution in [1.82, 2.24) is 5.32 Å². The Hall–Kier alpha value is -3.35. The van der Waals surface area contributed by atoms with E-state index in [1.165, 1.54) is 0 Å². The fraction of sp³-hybridized carbons (Fsp3) is 0.348. The molecular formula is C23H25NO6. The van der Waals surface area contributed by atoms with E-state index in [1.807, 2.05) is 48.5 Å². The minimum atomic E-state index is -2.01. The van der Waals surface area contributed by atoms with Gasteiger partial charge in [0.1, 0.15) is 6.61 Å². The molecule has 0 heterocycles. The van der Waals surface area contributed by atoms with Gasteiger partial charge in [-0.15, -0.1) is 0 Å². The number of carboxylic acids is 2. The van der Waals surface area contributed by atoms with Gasteiger partial charge in [0.25, 0.3) is 0 Å². The number of carbonyl (C=O) groups excluding carboxylic acids is 1. The molecule has 30 heavy (non-hydrogen) atoms. The second-order valence-electron chi connectivity index (χ2n) is 8.48. The summed E-state index contributed by atoms with van der Waals surface area (Å²) in [6.07, 6.45) is -1.73. The Bertz CT molecular complexity index is 948. The molecular weight excluding hydrogens is 386 g/mol. The van der Waals surface area contributed by atoms with Crippen molar-refractivity contribution in [3.8, 4) is 11.1 Å². The number of ether oxygens (including phenoxy) is 1. The molecule has 1 atom stereocenters. The number of hydrogen-bond acceptors (Lipinski definition) is 4. The van der Waals surface area contributed by atoms with Crippen LogP contribution in [0.15, 0.2) is 48.5 Å². The van der Waals surface area contributed by atoms with Crippen molar-refractivity contribution in [1.29, 1.82) is 0 Å². The highest BCUT2D eigenvalue weighted by Crippen LogP contribution is 2.44. The number of amides is 1. The fourth-order valence-corrected chi connectivity index (χ4v) is 3.98. The van der Waals surface area contributed by atoms with Gasteiger partial charge < -0.3 is 20.3 Å². The zero-order valence-electron chi connectivity index (χ0n) is 17.1. The first-order valence-corrected chi connectivity index (χ1v) is 9.65. The first-order chi connectivity index (χ1) is 14.1. The summed E-state index contributed by atoms with van der Waals surface area (Å²) in [6.45, 7) is 4.70. The van der Waals surface area contributed by atoms with E-state index in [0.29, 0.717) is 0 Å². The molecule has 0 saturated heterocycles. The molecule has 7 heteroatoms. The minimum Gasteiger partial charge on any atom is -0.481 e. The van der Waals surface area contributed by atoms with Gasteiger partial charge in [0.15, 0.2) is 5.54 Å². The van der Waals surface area contributed by atoms with Crippen LogP contribution in [0.3, 0.4) is 0 Å². The molecule has 0 bridgehead atoms. The molecule has 7 nitrogen and oxygen atoms in total. The van der Waals surface area contributed by atoms with Crippen molar-refractivity contribution in [3.05, 3.63) is 59.7 Å². The van der Waals surface area contributed by atoms with Crippen LogP contribution in [0.4, 0.5) is 4.79 Å². The maximum atomic E-state index is 12.6. The summed E-state index contributed by atoms with van der Waals surface area (Å²) >= 11 is 0. The zero-order chi connectivity index (χ0) is 22.1. The summed E-state index contributed by atoms with van der Waals surface area (Å²) in [5.74, 6) is -2.94. The van der Waals surface area contributed by atoms with Crippen LogP contribution in [0.2, 0.25) is 0 Å². The maximum absolute atomic E-state index is 12.6. The number of aliphatic carboxylic acids is 2. The van der Waals surface area contributed by atoms with Gasteiger partial charge in [0, 0.05) is 5.92 Å². The minimum absolute atomic E-state index is 0.00672. The average molecular weight is 411 g/mol. The molecule has 3 rings (SSSR count). The quantitative estimate of drug-likeness (QED) is 0.665. The molecule has 2 aromatic rings. The monoisotopic (exact) mass is 411 g/mol. The normalized spacial score (nSPS) is 14.9. The van der Waals surface area contributed by atoms with E-state index < -0.39 is 35.4 Å². The van der Waals surface area contributed by atoms with Gasteiger partial charge >= 0.3 is 18.0 Å². The van der Waals surface area contributed by atoms with Crippen molar-refractivity contribution >= 4 is 18.0 Å². The van der Waals surface area contributed by atoms with Crippen LogP contribution < -0.4 is 5.32 Å². The predicted molar refractivity (Wildman–Crippen MR) is 110 cm³/mol. The summed E-state index contributed by atoms with van der Waals surface area (Å²) in [7, 11) is 0. The van der Waals surface area contributed by atoms with Crippen molar-refractivity contribution in [2.45, 2.75) is 38.6 Å². The van der Waals surface area contributed by atoms with Crippen LogP contribution in [0.1, 0.15) is 44.2 Å². The number of nitrogens with one attached hydrogen (secondary N) is 1. The Balaban J connectivity index is 1.81. The van der Waals surface area contributed by atoms with Crippen molar-refractivity contribution in [2.75, 3.05) is 6.61 Å². The second-order valence-corrected chi connectivity index (χ2v) is 8.48. The van der Waals surface area contributed by atoms with Crippen LogP contribution in [0.5, 0.6) is 0 Å². The number of carbonyl (C=O) groups is 3. The van der Waals surface area contributed by atoms with Gasteiger partial charge in [0.2, 0.25) is 0 Å². The molecule has 0 aromatic heterocycles. The molecule has 1 aliphatic carbocycles. The van der Waals surface area contributed by atoms with E-state index in [0.717, 1.165) is 22.3 Å². The van der Waals surface area contributed by atoms with E-state index >= 15 is 0 Å². The Morgan fingerprint density at radius 2 is 1.43 bits per heavy atom. The lowest BCUT2D eigenvalue weighted by atomic mass is 9.71. The topological polar surface area (TPSA) is 113 Å². The lowest BCUT2D eigenvalue weighted by molar-refractivity contribution is -0.156. The lowest BCUT2D eigenvalue weighted by Crippen LogP contribution is -2.63. The van der Waals surface area contributed by atoms with Crippen LogP contribution >= 0.6 is 0 Å². The SMILES string of the molecule is CC(C)(C)[C@@](CC(=O)O)(NC(=O)OCC1c2ccccc2-c2ccccc21)C(=O)O. The predicted octanol–water partition coefficient (Wildman–Crippen LogP) is 3.87. The number of alkyl carbamates (subject to hydrolysis) is 1. The molecule has 0 fully saturated rings. The molecule has 0 spiro atoms. The van der Waals surface area contributed by atoms with Gasteiger partial charge in [-0.05, 0) is 27.7 Å². The Morgan fingerprint density at radius 1 is 0.933 bits per heavy atom. The first kappa shape index (κ1) is 21.4. The van der Waals surface area contributed by atoms with Crippen molar-refractivity contribution in [3.63, 3.8) is 0 Å². The Kier molecular flexibility index (Phi) is 5.57. The molecule has 3 N–H and O–H groups in total. The number of rotatable bonds is 6. The Morgan fingerprint density at radius 3 is 1.87 bits per heavy atom. The van der Waals surface area contributed by atoms with Gasteiger partial charge in [-0.3, -0.25) is 4.79 Å². The van der Waals surface area contributed by atoms with E-state index in [-0.39, 0.29) is 12.5 Å². The van der Waals surface area contributed by atoms with Crippen molar-refractivity contribution in [2.24, 2.45) is 5.41 Å². The molecule has 158 valence electrons. The molecule has 0 aliphatic heterocycles. The highest BCUT2D eigenvalue weighted by Gasteiger charge is 2.52. The Labute approximate surface area is 174 Å². The first-order valence-electron chi connectivity index (χ1n) is 9.65. The lowest BCUT2D eigenvalue weighted by Gasteiger charge is -2.40. The summed E-state index contributed by atoms with van der Waals surface area (Å²) in [5, 5.41) is 21.3. The van der Waals surface area contributed by atoms with E-state index in [2.05, 4.69) is 5.32 Å². The summed E-state index contributed by atoms with van der Waals surface area (Å²) in [6, 6.07) is 15.7. The largest absolute Gasteiger partial charge is 0.481 e. The van der Waals surface area contributed by atoms with Gasteiger partial charge in [-0.2, -0.15) is 0 Å². The summed E-state index contributed by atoms with van der Waals surface area (Å²) in [4.78, 5) is 35.9. The molecule has 0 saturated carbocycles. The molecule has 1 aliphatic rings. The number of carboxylic acid groups (broad SMARTS) is 2. The van der Waals surface area contributed by atoms with E-state index in [4.69, 9.17) is 4.74 Å². The third-order valence-electron chi connectivity index (χ3n) is 5.72. The van der Waals surface area contributed by atoms with Crippen molar-refractivity contribution < 1.29 is 29.3 Å².